The number of nitrogens with zero attached hydrogens (tertiary/aromatic N) is 1. The quantitative estimate of drug-likeness (QED) is 0.861. The number of amides is 2. The Balaban J connectivity index is 1.78. The molecule has 5 heteroatoms. The zero-order valence-corrected chi connectivity index (χ0v) is 14.1. The number of hydrogen-bond donors (Lipinski definition) is 1. The third-order valence-corrected chi connectivity index (χ3v) is 4.57. The number of rotatable bonds is 4. The normalized spacial score (nSPS) is 17.9. The number of benzene rings is 1. The van der Waals surface area contributed by atoms with Gasteiger partial charge in [0.15, 0.2) is 6.61 Å². The van der Waals surface area contributed by atoms with E-state index in [9.17, 15) is 9.59 Å². The Labute approximate surface area is 142 Å². The molecular formula is C19H24N2O3. The summed E-state index contributed by atoms with van der Waals surface area (Å²) >= 11 is 0. The van der Waals surface area contributed by atoms with Crippen LogP contribution in [0.1, 0.15) is 39.0 Å². The second kappa shape index (κ2) is 7.07. The van der Waals surface area contributed by atoms with Crippen LogP contribution >= 0.6 is 0 Å². The fraction of sp³-hybridized carbons (Fsp3) is 0.474. The van der Waals surface area contributed by atoms with Gasteiger partial charge in [-0.2, -0.15) is 0 Å². The Hall–Kier alpha value is -2.30. The van der Waals surface area contributed by atoms with Crippen LogP contribution in [0.5, 0.6) is 5.75 Å². The van der Waals surface area contributed by atoms with Gasteiger partial charge in [-0.1, -0.05) is 31.4 Å². The predicted octanol–water partition coefficient (Wildman–Crippen LogP) is 3.51. The molecule has 1 N–H and O–H groups in total. The van der Waals surface area contributed by atoms with Crippen molar-refractivity contribution in [3.05, 3.63) is 30.4 Å². The molecule has 128 valence electrons. The van der Waals surface area contributed by atoms with Gasteiger partial charge in [0.2, 0.25) is 5.91 Å². The van der Waals surface area contributed by atoms with Gasteiger partial charge in [0, 0.05) is 18.2 Å². The maximum atomic E-state index is 12.4. The Bertz CT molecular complexity index is 663. The lowest BCUT2D eigenvalue weighted by molar-refractivity contribution is -0.121. The lowest BCUT2D eigenvalue weighted by Crippen LogP contribution is -2.39. The van der Waals surface area contributed by atoms with Crippen molar-refractivity contribution >= 4 is 23.2 Å². The number of carbonyl (C=O) groups excluding carboxylic acids is 2. The summed E-state index contributed by atoms with van der Waals surface area (Å²) in [6.45, 7) is 6.26. The molecule has 0 unspecified atom stereocenters. The number of hydrogen-bond acceptors (Lipinski definition) is 3. The zero-order valence-electron chi connectivity index (χ0n) is 14.1. The standard InChI is InChI=1S/C19H24N2O3/c1-13(2)11-21-16-10-15(8-9-17(16)24-12-18(21)22)20-19(23)14-6-4-3-5-7-14/h8-10,14H,1,3-7,11-12H2,2H3,(H,20,23). The van der Waals surface area contributed by atoms with Crippen molar-refractivity contribution in [1.82, 2.24) is 0 Å². The molecule has 5 nitrogen and oxygen atoms in total. The average molecular weight is 328 g/mol. The SMILES string of the molecule is C=C(C)CN1C(=O)COc2ccc(NC(=O)C3CCCCC3)cc21. The molecule has 1 aliphatic carbocycles. The molecule has 1 aromatic rings. The van der Waals surface area contributed by atoms with E-state index >= 15 is 0 Å². The van der Waals surface area contributed by atoms with E-state index in [1.165, 1.54) is 6.42 Å². The molecule has 2 aliphatic rings. The average Bonchev–Trinajstić information content (AvgIpc) is 2.58. The van der Waals surface area contributed by atoms with E-state index in [1.54, 1.807) is 4.90 Å². The first kappa shape index (κ1) is 16.6. The molecule has 0 saturated heterocycles. The summed E-state index contributed by atoms with van der Waals surface area (Å²) in [5.74, 6) is 0.733. The summed E-state index contributed by atoms with van der Waals surface area (Å²) in [4.78, 5) is 26.2. The van der Waals surface area contributed by atoms with Gasteiger partial charge in [-0.15, -0.1) is 0 Å². The van der Waals surface area contributed by atoms with Crippen molar-refractivity contribution < 1.29 is 14.3 Å². The van der Waals surface area contributed by atoms with Gasteiger partial charge in [0.05, 0.1) is 5.69 Å². The van der Waals surface area contributed by atoms with Crippen molar-refractivity contribution in [1.29, 1.82) is 0 Å². The number of anilines is 2. The van der Waals surface area contributed by atoms with Crippen LogP contribution in [0.2, 0.25) is 0 Å². The Kier molecular flexibility index (Phi) is 4.88. The molecule has 1 aromatic carbocycles. The molecule has 0 spiro atoms. The summed E-state index contributed by atoms with van der Waals surface area (Å²) in [6, 6.07) is 5.45. The van der Waals surface area contributed by atoms with Gasteiger partial charge in [0.1, 0.15) is 5.75 Å². The maximum absolute atomic E-state index is 12.4. The van der Waals surface area contributed by atoms with Crippen LogP contribution in [0.15, 0.2) is 30.4 Å². The molecule has 0 radical (unpaired) electrons. The van der Waals surface area contributed by atoms with E-state index in [0.29, 0.717) is 23.7 Å². The van der Waals surface area contributed by atoms with E-state index in [-0.39, 0.29) is 24.3 Å². The Morgan fingerprint density at radius 2 is 2.08 bits per heavy atom. The summed E-state index contributed by atoms with van der Waals surface area (Å²) in [7, 11) is 0. The van der Waals surface area contributed by atoms with Crippen LogP contribution in [0.25, 0.3) is 0 Å². The topological polar surface area (TPSA) is 58.6 Å². The molecular weight excluding hydrogens is 304 g/mol. The third-order valence-electron chi connectivity index (χ3n) is 4.57. The van der Waals surface area contributed by atoms with Crippen molar-refractivity contribution in [3.63, 3.8) is 0 Å². The number of ether oxygens (including phenoxy) is 1. The largest absolute Gasteiger partial charge is 0.482 e. The van der Waals surface area contributed by atoms with E-state index in [1.807, 2.05) is 25.1 Å². The third kappa shape index (κ3) is 3.61. The van der Waals surface area contributed by atoms with Crippen molar-refractivity contribution in [2.45, 2.75) is 39.0 Å². The lowest BCUT2D eigenvalue weighted by atomic mass is 9.88. The molecule has 1 fully saturated rings. The highest BCUT2D eigenvalue weighted by atomic mass is 16.5. The molecule has 3 rings (SSSR count). The van der Waals surface area contributed by atoms with Crippen molar-refractivity contribution in [2.24, 2.45) is 5.92 Å². The van der Waals surface area contributed by atoms with Crippen LogP contribution in [-0.4, -0.2) is 25.0 Å². The minimum absolute atomic E-state index is 0.0358. The van der Waals surface area contributed by atoms with Crippen LogP contribution in [0, 0.1) is 5.92 Å². The van der Waals surface area contributed by atoms with Crippen molar-refractivity contribution in [2.75, 3.05) is 23.4 Å². The minimum atomic E-state index is -0.0961. The molecule has 24 heavy (non-hydrogen) atoms. The van der Waals surface area contributed by atoms with Crippen LogP contribution in [0.3, 0.4) is 0 Å². The Morgan fingerprint density at radius 3 is 2.79 bits per heavy atom. The van der Waals surface area contributed by atoms with Crippen LogP contribution < -0.4 is 15.0 Å². The summed E-state index contributed by atoms with van der Waals surface area (Å²) in [5, 5.41) is 3.00. The Morgan fingerprint density at radius 1 is 1.33 bits per heavy atom. The first-order valence-electron chi connectivity index (χ1n) is 8.57. The fourth-order valence-corrected chi connectivity index (χ4v) is 3.33. The molecule has 0 atom stereocenters. The highest BCUT2D eigenvalue weighted by Crippen LogP contribution is 2.35. The van der Waals surface area contributed by atoms with E-state index < -0.39 is 0 Å². The van der Waals surface area contributed by atoms with E-state index in [0.717, 1.165) is 31.3 Å². The second-order valence-electron chi connectivity index (χ2n) is 6.73. The lowest BCUT2D eigenvalue weighted by Gasteiger charge is -2.30. The van der Waals surface area contributed by atoms with Gasteiger partial charge >= 0.3 is 0 Å². The van der Waals surface area contributed by atoms with Gasteiger partial charge in [-0.05, 0) is 38.0 Å². The summed E-state index contributed by atoms with van der Waals surface area (Å²) in [5.41, 5.74) is 2.29. The molecule has 0 bridgehead atoms. The number of fused-ring (bicyclic) bond motifs is 1. The van der Waals surface area contributed by atoms with Gasteiger partial charge < -0.3 is 15.0 Å². The molecule has 2 amide bonds. The van der Waals surface area contributed by atoms with Gasteiger partial charge in [-0.3, -0.25) is 9.59 Å². The van der Waals surface area contributed by atoms with E-state index in [2.05, 4.69) is 11.9 Å². The fourth-order valence-electron chi connectivity index (χ4n) is 3.33. The molecule has 1 heterocycles. The monoisotopic (exact) mass is 328 g/mol. The molecule has 1 aliphatic heterocycles. The first-order valence-corrected chi connectivity index (χ1v) is 8.57. The summed E-state index contributed by atoms with van der Waals surface area (Å²) < 4.78 is 5.49. The molecule has 1 saturated carbocycles. The van der Waals surface area contributed by atoms with Crippen LogP contribution in [0.4, 0.5) is 11.4 Å². The first-order chi connectivity index (χ1) is 11.5. The zero-order chi connectivity index (χ0) is 17.1. The highest BCUT2D eigenvalue weighted by Gasteiger charge is 2.26. The minimum Gasteiger partial charge on any atom is -0.482 e. The van der Waals surface area contributed by atoms with Gasteiger partial charge in [0.25, 0.3) is 5.91 Å². The maximum Gasteiger partial charge on any atom is 0.265 e. The van der Waals surface area contributed by atoms with Gasteiger partial charge in [-0.25, -0.2) is 0 Å². The second-order valence-corrected chi connectivity index (χ2v) is 6.73. The smallest absolute Gasteiger partial charge is 0.265 e. The number of nitrogens with one attached hydrogen (secondary N) is 1. The summed E-state index contributed by atoms with van der Waals surface area (Å²) in [6.07, 6.45) is 5.38. The predicted molar refractivity (Wildman–Crippen MR) is 94.3 cm³/mol. The van der Waals surface area contributed by atoms with Crippen LogP contribution in [-0.2, 0) is 9.59 Å². The number of carbonyl (C=O) groups is 2. The van der Waals surface area contributed by atoms with E-state index in [4.69, 9.17) is 4.74 Å². The molecule has 0 aromatic heterocycles. The highest BCUT2D eigenvalue weighted by molar-refractivity contribution is 6.00. The van der Waals surface area contributed by atoms with Crippen molar-refractivity contribution in [3.8, 4) is 5.75 Å².